The summed E-state index contributed by atoms with van der Waals surface area (Å²) in [4.78, 5) is 14.1. The molecule has 22 heavy (non-hydrogen) atoms. The van der Waals surface area contributed by atoms with E-state index >= 15 is 0 Å². The number of carbonyl (C=O) groups excluding carboxylic acids is 1. The lowest BCUT2D eigenvalue weighted by molar-refractivity contribution is -0.127. The van der Waals surface area contributed by atoms with Gasteiger partial charge in [-0.2, -0.15) is 11.3 Å². The van der Waals surface area contributed by atoms with Gasteiger partial charge in [0.2, 0.25) is 5.91 Å². The van der Waals surface area contributed by atoms with Crippen molar-refractivity contribution in [3.05, 3.63) is 58.3 Å². The summed E-state index contributed by atoms with van der Waals surface area (Å²) in [6.07, 6.45) is 2.71. The van der Waals surface area contributed by atoms with Gasteiger partial charge in [0.15, 0.2) is 0 Å². The van der Waals surface area contributed by atoms with E-state index in [2.05, 4.69) is 46.4 Å². The molecule has 1 fully saturated rings. The molecular weight excluding hydrogens is 292 g/mol. The van der Waals surface area contributed by atoms with Gasteiger partial charge in [-0.25, -0.2) is 0 Å². The zero-order valence-corrected chi connectivity index (χ0v) is 13.5. The molecule has 3 rings (SSSR count). The van der Waals surface area contributed by atoms with Crippen LogP contribution in [-0.4, -0.2) is 29.9 Å². The first-order chi connectivity index (χ1) is 10.8. The highest BCUT2D eigenvalue weighted by atomic mass is 32.1. The van der Waals surface area contributed by atoms with E-state index in [0.717, 1.165) is 32.5 Å². The maximum Gasteiger partial charge on any atom is 0.224 e. The van der Waals surface area contributed by atoms with Gasteiger partial charge in [0, 0.05) is 32.1 Å². The number of nitrogens with zero attached hydrogens (tertiary/aromatic N) is 1. The largest absolute Gasteiger partial charge is 0.341 e. The molecule has 0 aliphatic carbocycles. The van der Waals surface area contributed by atoms with Crippen molar-refractivity contribution in [2.24, 2.45) is 0 Å². The van der Waals surface area contributed by atoms with Crippen molar-refractivity contribution >= 4 is 17.2 Å². The number of aryl methyl sites for hydroxylation is 1. The first kappa shape index (κ1) is 15.3. The van der Waals surface area contributed by atoms with Gasteiger partial charge in [0.1, 0.15) is 0 Å². The second kappa shape index (κ2) is 7.56. The van der Waals surface area contributed by atoms with Gasteiger partial charge in [-0.1, -0.05) is 30.3 Å². The highest BCUT2D eigenvalue weighted by Gasteiger charge is 2.28. The molecule has 1 aliphatic heterocycles. The molecular formula is C18H22N2OS. The highest BCUT2D eigenvalue weighted by molar-refractivity contribution is 7.07. The van der Waals surface area contributed by atoms with Gasteiger partial charge < -0.3 is 10.2 Å². The Bertz CT molecular complexity index is 582. The van der Waals surface area contributed by atoms with Crippen molar-refractivity contribution in [1.82, 2.24) is 10.2 Å². The molecule has 1 N–H and O–H groups in total. The summed E-state index contributed by atoms with van der Waals surface area (Å²) in [5.74, 6) is 0.288. The van der Waals surface area contributed by atoms with Gasteiger partial charge in [-0.05, 0) is 40.8 Å². The summed E-state index contributed by atoms with van der Waals surface area (Å²) in [6, 6.07) is 12.9. The van der Waals surface area contributed by atoms with E-state index in [1.165, 1.54) is 11.1 Å². The van der Waals surface area contributed by atoms with Crippen LogP contribution in [0, 0.1) is 0 Å². The van der Waals surface area contributed by atoms with Gasteiger partial charge in [-0.3, -0.25) is 4.79 Å². The van der Waals surface area contributed by atoms with E-state index in [0.29, 0.717) is 12.5 Å². The number of benzene rings is 1. The zero-order valence-electron chi connectivity index (χ0n) is 12.7. The van der Waals surface area contributed by atoms with E-state index in [-0.39, 0.29) is 5.91 Å². The Morgan fingerprint density at radius 2 is 2.05 bits per heavy atom. The second-order valence-corrected chi connectivity index (χ2v) is 6.62. The van der Waals surface area contributed by atoms with Crippen molar-refractivity contribution in [3.8, 4) is 0 Å². The van der Waals surface area contributed by atoms with E-state index in [1.54, 1.807) is 11.3 Å². The van der Waals surface area contributed by atoms with Crippen molar-refractivity contribution < 1.29 is 4.79 Å². The topological polar surface area (TPSA) is 32.3 Å². The lowest BCUT2D eigenvalue weighted by atomic mass is 10.1. The minimum Gasteiger partial charge on any atom is -0.341 e. The Balaban J connectivity index is 1.40. The first-order valence-electron chi connectivity index (χ1n) is 7.87. The summed E-state index contributed by atoms with van der Waals surface area (Å²) in [5.41, 5.74) is 2.65. The summed E-state index contributed by atoms with van der Waals surface area (Å²) >= 11 is 1.71. The summed E-state index contributed by atoms with van der Waals surface area (Å²) in [5, 5.41) is 7.74. The maximum atomic E-state index is 12.1. The van der Waals surface area contributed by atoms with Crippen molar-refractivity contribution in [2.45, 2.75) is 31.8 Å². The van der Waals surface area contributed by atoms with Crippen molar-refractivity contribution in [3.63, 3.8) is 0 Å². The molecule has 1 atom stereocenters. The van der Waals surface area contributed by atoms with Crippen LogP contribution in [0.1, 0.15) is 24.0 Å². The third-order valence-electron chi connectivity index (χ3n) is 4.13. The van der Waals surface area contributed by atoms with Crippen LogP contribution in [0.15, 0.2) is 47.2 Å². The molecule has 1 unspecified atom stereocenters. The Labute approximate surface area is 136 Å². The van der Waals surface area contributed by atoms with Crippen LogP contribution >= 0.6 is 11.3 Å². The minimum absolute atomic E-state index is 0.288. The molecule has 116 valence electrons. The number of hydrogen-bond donors (Lipinski definition) is 1. The van der Waals surface area contributed by atoms with Gasteiger partial charge in [0.25, 0.3) is 0 Å². The molecule has 2 aromatic rings. The monoisotopic (exact) mass is 314 g/mol. The van der Waals surface area contributed by atoms with Crippen LogP contribution in [0.4, 0.5) is 0 Å². The highest BCUT2D eigenvalue weighted by Crippen LogP contribution is 2.14. The Morgan fingerprint density at radius 1 is 1.18 bits per heavy atom. The first-order valence-corrected chi connectivity index (χ1v) is 8.82. The van der Waals surface area contributed by atoms with Crippen molar-refractivity contribution in [2.75, 3.05) is 13.1 Å². The summed E-state index contributed by atoms with van der Waals surface area (Å²) in [7, 11) is 0. The van der Waals surface area contributed by atoms with Crippen LogP contribution in [0.3, 0.4) is 0 Å². The minimum atomic E-state index is 0.288. The Morgan fingerprint density at radius 3 is 2.82 bits per heavy atom. The zero-order chi connectivity index (χ0) is 15.2. The van der Waals surface area contributed by atoms with E-state index in [1.807, 2.05) is 11.0 Å². The van der Waals surface area contributed by atoms with Crippen LogP contribution in [0.25, 0.3) is 0 Å². The normalized spacial score (nSPS) is 18.1. The number of hydrogen-bond acceptors (Lipinski definition) is 3. The summed E-state index contributed by atoms with van der Waals surface area (Å²) < 4.78 is 0. The molecule has 2 heterocycles. The molecule has 1 aromatic heterocycles. The average molecular weight is 314 g/mol. The third kappa shape index (κ3) is 4.18. The van der Waals surface area contributed by atoms with Crippen LogP contribution in [0.5, 0.6) is 0 Å². The van der Waals surface area contributed by atoms with Gasteiger partial charge in [-0.15, -0.1) is 0 Å². The molecule has 4 heteroatoms. The van der Waals surface area contributed by atoms with Gasteiger partial charge >= 0.3 is 0 Å². The fourth-order valence-electron chi connectivity index (χ4n) is 2.90. The fourth-order valence-corrected chi connectivity index (χ4v) is 3.57. The predicted octanol–water partition coefficient (Wildman–Crippen LogP) is 3.07. The van der Waals surface area contributed by atoms with Crippen LogP contribution in [0.2, 0.25) is 0 Å². The quantitative estimate of drug-likeness (QED) is 0.852. The van der Waals surface area contributed by atoms with E-state index in [4.69, 9.17) is 0 Å². The molecule has 1 amide bonds. The third-order valence-corrected chi connectivity index (χ3v) is 4.86. The summed E-state index contributed by atoms with van der Waals surface area (Å²) in [6.45, 7) is 2.57. The maximum absolute atomic E-state index is 12.1. The molecule has 3 nitrogen and oxygen atoms in total. The van der Waals surface area contributed by atoms with E-state index < -0.39 is 0 Å². The molecule has 0 bridgehead atoms. The van der Waals surface area contributed by atoms with Gasteiger partial charge in [0.05, 0.1) is 0 Å². The van der Waals surface area contributed by atoms with Crippen molar-refractivity contribution in [1.29, 1.82) is 0 Å². The second-order valence-electron chi connectivity index (χ2n) is 5.84. The molecule has 1 aromatic carbocycles. The van der Waals surface area contributed by atoms with Crippen LogP contribution < -0.4 is 5.32 Å². The predicted molar refractivity (Wildman–Crippen MR) is 90.9 cm³/mol. The average Bonchev–Trinajstić information content (AvgIpc) is 3.17. The molecule has 0 saturated carbocycles. The number of carbonyl (C=O) groups is 1. The molecule has 0 radical (unpaired) electrons. The number of amides is 1. The number of thiophene rings is 1. The van der Waals surface area contributed by atoms with Crippen LogP contribution in [-0.2, 0) is 17.8 Å². The van der Waals surface area contributed by atoms with E-state index in [9.17, 15) is 4.79 Å². The SMILES string of the molecule is O=C1CC(NCc2ccsc2)CN1CCCc1ccccc1. The smallest absolute Gasteiger partial charge is 0.224 e. The lowest BCUT2D eigenvalue weighted by Crippen LogP contribution is -2.32. The lowest BCUT2D eigenvalue weighted by Gasteiger charge is -2.17. The number of nitrogens with one attached hydrogen (secondary N) is 1. The number of likely N-dealkylation sites (tertiary alicyclic amines) is 1. The molecule has 1 saturated heterocycles. The standard InChI is InChI=1S/C18H22N2OS/c21-18-11-17(19-12-16-8-10-22-14-16)13-20(18)9-4-7-15-5-2-1-3-6-15/h1-3,5-6,8,10,14,17,19H,4,7,9,11-13H2. The molecule has 0 spiro atoms. The Hall–Kier alpha value is -1.65. The fraction of sp³-hybridized carbons (Fsp3) is 0.389. The number of rotatable bonds is 7. The Kier molecular flexibility index (Phi) is 5.24. The molecule has 1 aliphatic rings.